The van der Waals surface area contributed by atoms with E-state index >= 15 is 0 Å². The number of aromatic nitrogens is 1. The maximum Gasteiger partial charge on any atom is 0.410 e. The van der Waals surface area contributed by atoms with Crippen LogP contribution in [-0.4, -0.2) is 70.6 Å². The van der Waals surface area contributed by atoms with Crippen LogP contribution < -0.4 is 10.1 Å². The number of hydrogen-bond donors (Lipinski definition) is 1. The van der Waals surface area contributed by atoms with Crippen LogP contribution in [-0.2, 0) is 9.53 Å². The number of fused-ring (bicyclic) bond motifs is 3. The number of carbonyl (C=O) groups excluding carboxylic acids is 3. The van der Waals surface area contributed by atoms with E-state index in [9.17, 15) is 14.4 Å². The van der Waals surface area contributed by atoms with Gasteiger partial charge in [-0.1, -0.05) is 5.57 Å². The van der Waals surface area contributed by atoms with Crippen LogP contribution in [0.3, 0.4) is 0 Å². The average molecular weight is 414 g/mol. The lowest BCUT2D eigenvalue weighted by Gasteiger charge is -2.41. The first-order chi connectivity index (χ1) is 14.1. The van der Waals surface area contributed by atoms with E-state index in [1.54, 1.807) is 26.8 Å². The molecule has 3 amide bonds. The van der Waals surface area contributed by atoms with Crippen LogP contribution in [0.5, 0.6) is 5.88 Å². The molecule has 0 radical (unpaired) electrons. The van der Waals surface area contributed by atoms with Crippen LogP contribution in [0.2, 0.25) is 0 Å². The number of pyridine rings is 1. The van der Waals surface area contributed by atoms with Gasteiger partial charge in [0, 0.05) is 19.5 Å². The normalized spacial score (nSPS) is 21.2. The van der Waals surface area contributed by atoms with Gasteiger partial charge < -0.3 is 14.8 Å². The van der Waals surface area contributed by atoms with E-state index in [-0.39, 0.29) is 31.1 Å². The summed E-state index contributed by atoms with van der Waals surface area (Å²) >= 11 is 0. The van der Waals surface area contributed by atoms with E-state index in [0.29, 0.717) is 18.7 Å². The summed E-state index contributed by atoms with van der Waals surface area (Å²) in [5, 5.41) is 3.23. The second-order valence-electron chi connectivity index (χ2n) is 8.84. The summed E-state index contributed by atoms with van der Waals surface area (Å²) in [6.45, 7) is 8.25. The van der Waals surface area contributed by atoms with Gasteiger partial charge in [0.05, 0.1) is 24.0 Å². The minimum Gasteiger partial charge on any atom is -0.477 e. The Kier molecular flexibility index (Phi) is 4.91. The molecule has 0 bridgehead atoms. The summed E-state index contributed by atoms with van der Waals surface area (Å²) in [7, 11) is 0. The summed E-state index contributed by atoms with van der Waals surface area (Å²) in [5.41, 5.74) is 2.15. The Morgan fingerprint density at radius 1 is 1.33 bits per heavy atom. The van der Waals surface area contributed by atoms with Crippen molar-refractivity contribution in [2.45, 2.75) is 45.8 Å². The number of carbonyl (C=O) groups is 3. The quantitative estimate of drug-likeness (QED) is 0.650. The van der Waals surface area contributed by atoms with Crippen molar-refractivity contribution in [1.29, 1.82) is 0 Å². The summed E-state index contributed by atoms with van der Waals surface area (Å²) < 4.78 is 11.2. The smallest absolute Gasteiger partial charge is 0.410 e. The maximum atomic E-state index is 13.3. The number of piperazine rings is 1. The number of nitrogens with one attached hydrogen (secondary N) is 1. The highest BCUT2D eigenvalue weighted by atomic mass is 16.6. The lowest BCUT2D eigenvalue weighted by atomic mass is 10.0. The van der Waals surface area contributed by atoms with Crippen LogP contribution in [0, 0.1) is 0 Å². The van der Waals surface area contributed by atoms with Crippen molar-refractivity contribution in [3.05, 3.63) is 22.9 Å². The molecule has 0 unspecified atom stereocenters. The molecule has 3 aliphatic rings. The molecular weight excluding hydrogens is 388 g/mol. The Morgan fingerprint density at radius 2 is 2.10 bits per heavy atom. The molecule has 160 valence electrons. The van der Waals surface area contributed by atoms with Gasteiger partial charge in [-0.25, -0.2) is 9.78 Å². The van der Waals surface area contributed by atoms with Crippen molar-refractivity contribution >= 4 is 29.7 Å². The third-order valence-corrected chi connectivity index (χ3v) is 5.14. The summed E-state index contributed by atoms with van der Waals surface area (Å²) in [6, 6.07) is 1.21. The summed E-state index contributed by atoms with van der Waals surface area (Å²) in [6.07, 6.45) is 1.79. The highest BCUT2D eigenvalue weighted by molar-refractivity contribution is 6.08. The first kappa shape index (κ1) is 20.2. The molecule has 30 heavy (non-hydrogen) atoms. The molecule has 9 heteroatoms. The third kappa shape index (κ3) is 3.83. The minimum absolute atomic E-state index is 0.202. The Labute approximate surface area is 175 Å². The summed E-state index contributed by atoms with van der Waals surface area (Å²) in [5.74, 6) is -0.657. The molecule has 0 spiro atoms. The number of nitrogens with zero attached hydrogens (tertiary/aromatic N) is 3. The van der Waals surface area contributed by atoms with Crippen molar-refractivity contribution in [3.8, 4) is 5.88 Å². The fourth-order valence-corrected chi connectivity index (χ4v) is 3.77. The molecule has 1 fully saturated rings. The van der Waals surface area contributed by atoms with Gasteiger partial charge in [-0.05, 0) is 39.8 Å². The van der Waals surface area contributed by atoms with E-state index in [4.69, 9.17) is 9.47 Å². The second kappa shape index (κ2) is 7.30. The molecule has 1 saturated heterocycles. The number of rotatable bonds is 0. The summed E-state index contributed by atoms with van der Waals surface area (Å²) in [4.78, 5) is 45.7. The van der Waals surface area contributed by atoms with Gasteiger partial charge in [-0.15, -0.1) is 0 Å². The van der Waals surface area contributed by atoms with E-state index in [1.165, 1.54) is 9.80 Å². The fourth-order valence-electron chi connectivity index (χ4n) is 3.77. The zero-order chi connectivity index (χ0) is 21.6. The Balaban J connectivity index is 1.62. The molecule has 0 aliphatic carbocycles. The van der Waals surface area contributed by atoms with E-state index in [2.05, 4.69) is 10.3 Å². The topological polar surface area (TPSA) is 101 Å². The third-order valence-electron chi connectivity index (χ3n) is 5.14. The number of anilines is 1. The molecule has 0 saturated carbocycles. The van der Waals surface area contributed by atoms with Crippen molar-refractivity contribution in [3.63, 3.8) is 0 Å². The van der Waals surface area contributed by atoms with Gasteiger partial charge in [-0.3, -0.25) is 19.4 Å². The van der Waals surface area contributed by atoms with Crippen LogP contribution in [0.25, 0.3) is 6.08 Å². The molecular formula is C21H26N4O5. The minimum atomic E-state index is -0.666. The van der Waals surface area contributed by atoms with Crippen molar-refractivity contribution in [2.24, 2.45) is 0 Å². The van der Waals surface area contributed by atoms with Crippen molar-refractivity contribution in [1.82, 2.24) is 14.8 Å². The lowest BCUT2D eigenvalue weighted by Crippen LogP contribution is -2.60. The van der Waals surface area contributed by atoms with Gasteiger partial charge in [0.1, 0.15) is 17.7 Å². The number of ether oxygens (including phenoxy) is 2. The zero-order valence-electron chi connectivity index (χ0n) is 17.7. The lowest BCUT2D eigenvalue weighted by molar-refractivity contribution is -0.136. The average Bonchev–Trinajstić information content (AvgIpc) is 2.64. The molecule has 4 heterocycles. The standard InChI is InChI=1S/C21H26N4O5/c1-12-7-16-15(22-9-12)8-14-18(23-16)29-6-5-13-10-24(20(28)30-21(2,3)4)11-17(26)25(13)19(14)27/h7-8,13,22H,5-6,9-11H2,1-4H3/t13-/m1/s1. The van der Waals surface area contributed by atoms with Gasteiger partial charge in [0.25, 0.3) is 5.91 Å². The van der Waals surface area contributed by atoms with Crippen LogP contribution in [0.15, 0.2) is 11.6 Å². The van der Waals surface area contributed by atoms with Crippen molar-refractivity contribution < 1.29 is 23.9 Å². The predicted molar refractivity (Wildman–Crippen MR) is 109 cm³/mol. The highest BCUT2D eigenvalue weighted by Crippen LogP contribution is 2.32. The first-order valence-corrected chi connectivity index (χ1v) is 10.1. The SMILES string of the molecule is CC1=Cc2nc3c(cc2NC1)C(=O)N1C(=O)CN(C(=O)OC(C)(C)C)C[C@H]1CCO3. The Morgan fingerprint density at radius 3 is 2.83 bits per heavy atom. The number of hydrogen-bond acceptors (Lipinski definition) is 7. The monoisotopic (exact) mass is 414 g/mol. The molecule has 1 N–H and O–H groups in total. The molecule has 1 aromatic heterocycles. The Hall–Kier alpha value is -3.10. The largest absolute Gasteiger partial charge is 0.477 e. The van der Waals surface area contributed by atoms with E-state index in [0.717, 1.165) is 11.3 Å². The van der Waals surface area contributed by atoms with Crippen LogP contribution in [0.1, 0.15) is 50.2 Å². The van der Waals surface area contributed by atoms with Crippen LogP contribution >= 0.6 is 0 Å². The van der Waals surface area contributed by atoms with Gasteiger partial charge in [0.2, 0.25) is 11.8 Å². The predicted octanol–water partition coefficient (Wildman–Crippen LogP) is 2.28. The molecule has 1 atom stereocenters. The second-order valence-corrected chi connectivity index (χ2v) is 8.84. The fraction of sp³-hybridized carbons (Fsp3) is 0.524. The number of amides is 3. The van der Waals surface area contributed by atoms with Gasteiger partial charge in [-0.2, -0.15) is 0 Å². The Bertz CT molecular complexity index is 949. The molecule has 0 aromatic carbocycles. The molecule has 9 nitrogen and oxygen atoms in total. The van der Waals surface area contributed by atoms with Gasteiger partial charge in [0.15, 0.2) is 0 Å². The number of imide groups is 1. The van der Waals surface area contributed by atoms with Gasteiger partial charge >= 0.3 is 6.09 Å². The van der Waals surface area contributed by atoms with Crippen molar-refractivity contribution in [2.75, 3.05) is 31.6 Å². The zero-order valence-corrected chi connectivity index (χ0v) is 17.7. The highest BCUT2D eigenvalue weighted by Gasteiger charge is 2.42. The molecule has 1 aromatic rings. The molecule has 3 aliphatic heterocycles. The first-order valence-electron chi connectivity index (χ1n) is 10.1. The maximum absolute atomic E-state index is 13.3. The van der Waals surface area contributed by atoms with E-state index in [1.807, 2.05) is 13.0 Å². The molecule has 4 rings (SSSR count). The van der Waals surface area contributed by atoms with Crippen LogP contribution in [0.4, 0.5) is 10.5 Å². The van der Waals surface area contributed by atoms with E-state index < -0.39 is 29.6 Å².